The van der Waals surface area contributed by atoms with Gasteiger partial charge in [-0.05, 0) is 32.2 Å². The Morgan fingerprint density at radius 1 is 1.25 bits per heavy atom. The van der Waals surface area contributed by atoms with Crippen molar-refractivity contribution in [3.8, 4) is 0 Å². The highest BCUT2D eigenvalue weighted by Gasteiger charge is 2.18. The Bertz CT molecular complexity index is 744. The largest absolute Gasteiger partial charge is 0.338 e. The van der Waals surface area contributed by atoms with E-state index >= 15 is 0 Å². The Morgan fingerprint density at radius 2 is 2.00 bits per heavy atom. The molecule has 0 spiro atoms. The van der Waals surface area contributed by atoms with Crippen LogP contribution >= 0.6 is 15.9 Å². The summed E-state index contributed by atoms with van der Waals surface area (Å²) in [4.78, 5) is 25.8. The number of anilines is 2. The van der Waals surface area contributed by atoms with Gasteiger partial charge in [0.25, 0.3) is 5.91 Å². The summed E-state index contributed by atoms with van der Waals surface area (Å²) < 4.78 is 0.915. The Balaban J connectivity index is 1.73. The van der Waals surface area contributed by atoms with Crippen LogP contribution in [0.5, 0.6) is 0 Å². The van der Waals surface area contributed by atoms with E-state index in [0.29, 0.717) is 17.2 Å². The van der Waals surface area contributed by atoms with E-state index in [2.05, 4.69) is 48.1 Å². The lowest BCUT2D eigenvalue weighted by molar-refractivity contribution is 0.102. The van der Waals surface area contributed by atoms with Crippen molar-refractivity contribution in [3.63, 3.8) is 0 Å². The maximum atomic E-state index is 12.5. The first kappa shape index (κ1) is 16.9. The summed E-state index contributed by atoms with van der Waals surface area (Å²) in [5.74, 6) is 0.495. The van der Waals surface area contributed by atoms with Crippen LogP contribution in [0.2, 0.25) is 0 Å². The number of carbonyl (C=O) groups excluding carboxylic acids is 1. The van der Waals surface area contributed by atoms with E-state index in [1.165, 1.54) is 0 Å². The molecular weight excluding hydrogens is 370 g/mol. The Labute approximate surface area is 150 Å². The van der Waals surface area contributed by atoms with Crippen LogP contribution in [0.4, 0.5) is 11.6 Å². The molecule has 6 nitrogen and oxygen atoms in total. The second-order valence-corrected chi connectivity index (χ2v) is 6.84. The molecule has 3 rings (SSSR count). The van der Waals surface area contributed by atoms with Crippen LogP contribution in [-0.4, -0.2) is 54.0 Å². The molecule has 0 atom stereocenters. The number of amides is 1. The molecular formula is C17H20BrN5O. The molecule has 1 amide bonds. The summed E-state index contributed by atoms with van der Waals surface area (Å²) in [5.41, 5.74) is 1.91. The normalized spacial score (nSPS) is 15.4. The SMILES string of the molecule is Cc1nc(N2CCN(C)CC2)ncc1C(=O)Nc1cccc(Br)c1. The summed E-state index contributed by atoms with van der Waals surface area (Å²) in [7, 11) is 2.11. The molecule has 0 aliphatic carbocycles. The van der Waals surface area contributed by atoms with Gasteiger partial charge in [-0.3, -0.25) is 4.79 Å². The zero-order valence-corrected chi connectivity index (χ0v) is 15.4. The van der Waals surface area contributed by atoms with Gasteiger partial charge in [0.1, 0.15) is 0 Å². The molecule has 1 fully saturated rings. The topological polar surface area (TPSA) is 61.4 Å². The maximum absolute atomic E-state index is 12.5. The van der Waals surface area contributed by atoms with Gasteiger partial charge in [-0.2, -0.15) is 0 Å². The molecule has 1 saturated heterocycles. The van der Waals surface area contributed by atoms with Crippen LogP contribution in [0, 0.1) is 6.92 Å². The Kier molecular flexibility index (Phi) is 5.11. The van der Waals surface area contributed by atoms with Crippen molar-refractivity contribution in [1.29, 1.82) is 0 Å². The quantitative estimate of drug-likeness (QED) is 0.873. The molecule has 1 aromatic heterocycles. The fourth-order valence-electron chi connectivity index (χ4n) is 2.60. The van der Waals surface area contributed by atoms with Gasteiger partial charge >= 0.3 is 0 Å². The first-order valence-corrected chi connectivity index (χ1v) is 8.66. The van der Waals surface area contributed by atoms with Crippen molar-refractivity contribution in [2.45, 2.75) is 6.92 Å². The van der Waals surface area contributed by atoms with Crippen molar-refractivity contribution in [2.75, 3.05) is 43.4 Å². The predicted octanol–water partition coefficient (Wildman–Crippen LogP) is 2.55. The predicted molar refractivity (Wildman–Crippen MR) is 98.6 cm³/mol. The molecule has 2 heterocycles. The lowest BCUT2D eigenvalue weighted by Crippen LogP contribution is -2.45. The van der Waals surface area contributed by atoms with Gasteiger partial charge in [0.2, 0.25) is 5.95 Å². The molecule has 1 aromatic carbocycles. The number of benzene rings is 1. The minimum absolute atomic E-state index is 0.199. The van der Waals surface area contributed by atoms with Crippen molar-refractivity contribution in [1.82, 2.24) is 14.9 Å². The Morgan fingerprint density at radius 3 is 2.67 bits per heavy atom. The van der Waals surface area contributed by atoms with Crippen molar-refractivity contribution < 1.29 is 4.79 Å². The molecule has 0 radical (unpaired) electrons. The Hall–Kier alpha value is -1.99. The third-order valence-electron chi connectivity index (χ3n) is 4.08. The zero-order chi connectivity index (χ0) is 17.1. The summed E-state index contributed by atoms with van der Waals surface area (Å²) in [6.07, 6.45) is 1.61. The van der Waals surface area contributed by atoms with E-state index in [0.717, 1.165) is 36.3 Å². The summed E-state index contributed by atoms with van der Waals surface area (Å²) in [5, 5.41) is 2.88. The zero-order valence-electron chi connectivity index (χ0n) is 13.8. The fraction of sp³-hybridized carbons (Fsp3) is 0.353. The van der Waals surface area contributed by atoms with Gasteiger partial charge in [-0.15, -0.1) is 0 Å². The summed E-state index contributed by atoms with van der Waals surface area (Å²) >= 11 is 3.40. The van der Waals surface area contributed by atoms with Gasteiger partial charge in [0.15, 0.2) is 0 Å². The monoisotopic (exact) mass is 389 g/mol. The average molecular weight is 390 g/mol. The minimum Gasteiger partial charge on any atom is -0.338 e. The second-order valence-electron chi connectivity index (χ2n) is 5.92. The van der Waals surface area contributed by atoms with E-state index in [-0.39, 0.29) is 5.91 Å². The summed E-state index contributed by atoms with van der Waals surface area (Å²) in [6, 6.07) is 7.48. The second kappa shape index (κ2) is 7.27. The number of likely N-dealkylation sites (N-methyl/N-ethyl adjacent to an activating group) is 1. The van der Waals surface area contributed by atoms with Crippen LogP contribution in [0.25, 0.3) is 0 Å². The number of hydrogen-bond donors (Lipinski definition) is 1. The van der Waals surface area contributed by atoms with E-state index < -0.39 is 0 Å². The van der Waals surface area contributed by atoms with Gasteiger partial charge in [-0.25, -0.2) is 9.97 Å². The van der Waals surface area contributed by atoms with E-state index in [9.17, 15) is 4.79 Å². The molecule has 7 heteroatoms. The molecule has 126 valence electrons. The highest BCUT2D eigenvalue weighted by molar-refractivity contribution is 9.10. The highest BCUT2D eigenvalue weighted by Crippen LogP contribution is 2.18. The number of nitrogens with one attached hydrogen (secondary N) is 1. The third kappa shape index (κ3) is 3.91. The number of nitrogens with zero attached hydrogens (tertiary/aromatic N) is 4. The fourth-order valence-corrected chi connectivity index (χ4v) is 3.00. The first-order chi connectivity index (χ1) is 11.5. The minimum atomic E-state index is -0.199. The number of halogens is 1. The molecule has 24 heavy (non-hydrogen) atoms. The van der Waals surface area contributed by atoms with Gasteiger partial charge < -0.3 is 15.1 Å². The first-order valence-electron chi connectivity index (χ1n) is 7.87. The van der Waals surface area contributed by atoms with Crippen LogP contribution in [0.1, 0.15) is 16.1 Å². The third-order valence-corrected chi connectivity index (χ3v) is 4.57. The molecule has 2 aromatic rings. The van der Waals surface area contributed by atoms with Gasteiger partial charge in [0.05, 0.1) is 11.3 Å². The van der Waals surface area contributed by atoms with Crippen molar-refractivity contribution in [3.05, 3.63) is 46.2 Å². The van der Waals surface area contributed by atoms with Crippen LogP contribution in [0.3, 0.4) is 0 Å². The van der Waals surface area contributed by atoms with E-state index in [4.69, 9.17) is 0 Å². The van der Waals surface area contributed by atoms with Crippen LogP contribution in [-0.2, 0) is 0 Å². The lowest BCUT2D eigenvalue weighted by Gasteiger charge is -2.32. The number of aryl methyl sites for hydroxylation is 1. The van der Waals surface area contributed by atoms with Crippen LogP contribution in [0.15, 0.2) is 34.9 Å². The van der Waals surface area contributed by atoms with E-state index in [1.807, 2.05) is 31.2 Å². The maximum Gasteiger partial charge on any atom is 0.259 e. The van der Waals surface area contributed by atoms with Crippen molar-refractivity contribution in [2.24, 2.45) is 0 Å². The molecule has 1 aliphatic rings. The number of hydrogen-bond acceptors (Lipinski definition) is 5. The number of rotatable bonds is 3. The van der Waals surface area contributed by atoms with Crippen molar-refractivity contribution >= 4 is 33.5 Å². The number of aromatic nitrogens is 2. The smallest absolute Gasteiger partial charge is 0.259 e. The number of carbonyl (C=O) groups is 1. The molecule has 0 bridgehead atoms. The summed E-state index contributed by atoms with van der Waals surface area (Å²) in [6.45, 7) is 5.64. The van der Waals surface area contributed by atoms with Gasteiger partial charge in [-0.1, -0.05) is 22.0 Å². The van der Waals surface area contributed by atoms with E-state index in [1.54, 1.807) is 6.20 Å². The lowest BCUT2D eigenvalue weighted by atomic mass is 10.2. The highest BCUT2D eigenvalue weighted by atomic mass is 79.9. The molecule has 1 N–H and O–H groups in total. The molecule has 0 saturated carbocycles. The standard InChI is InChI=1S/C17H20BrN5O/c1-12-15(16(24)21-14-5-3-4-13(18)10-14)11-19-17(20-12)23-8-6-22(2)7-9-23/h3-5,10-11H,6-9H2,1-2H3,(H,21,24). The number of piperazine rings is 1. The molecule has 1 aliphatic heterocycles. The molecule has 0 unspecified atom stereocenters. The van der Waals surface area contributed by atoms with Gasteiger partial charge in [0, 0.05) is 42.5 Å². The average Bonchev–Trinajstić information content (AvgIpc) is 2.55. The van der Waals surface area contributed by atoms with Crippen LogP contribution < -0.4 is 10.2 Å².